The number of amides is 4. The molecule has 2 aliphatic heterocycles. The molecule has 4 atom stereocenters. The zero-order chi connectivity index (χ0) is 54.1. The molecule has 1 fully saturated rings. The number of hydrogen-bond donors (Lipinski definition) is 4. The van der Waals surface area contributed by atoms with Crippen LogP contribution < -0.4 is 20.7 Å². The number of aryl methyl sites for hydroxylation is 3. The van der Waals surface area contributed by atoms with Crippen LogP contribution in [0.3, 0.4) is 0 Å². The number of ether oxygens (including phenoxy) is 4. The number of aliphatic imine (C=N–C) groups is 1. The summed E-state index contributed by atoms with van der Waals surface area (Å²) in [6.07, 6.45) is -0.755. The Morgan fingerprint density at radius 3 is 2.18 bits per heavy atom. The maximum absolute atomic E-state index is 14.0. The van der Waals surface area contributed by atoms with Crippen molar-refractivity contribution < 1.29 is 43.2 Å². The van der Waals surface area contributed by atoms with E-state index in [0.29, 0.717) is 54.5 Å². The predicted octanol–water partition coefficient (Wildman–Crippen LogP) is 7.50. The summed E-state index contributed by atoms with van der Waals surface area (Å²) in [5.74, 6) is 0.362. The highest BCUT2D eigenvalue weighted by atomic mass is 35.5. The Hall–Kier alpha value is -6.39. The lowest BCUT2D eigenvalue weighted by Gasteiger charge is -2.35. The minimum absolute atomic E-state index is 0.0267. The van der Waals surface area contributed by atoms with E-state index in [4.69, 9.17) is 35.5 Å². The highest BCUT2D eigenvalue weighted by Crippen LogP contribution is 2.40. The molecule has 3 aromatic carbocycles. The number of hydrogen-bond acceptors (Lipinski definition) is 15. The highest BCUT2D eigenvalue weighted by Gasteiger charge is 2.44. The van der Waals surface area contributed by atoms with E-state index in [1.165, 1.54) is 4.90 Å². The van der Waals surface area contributed by atoms with E-state index in [9.17, 15) is 24.3 Å². The molecule has 0 saturated carbocycles. The third kappa shape index (κ3) is 13.8. The molecule has 0 bridgehead atoms. The Bertz CT molecular complexity index is 3020. The van der Waals surface area contributed by atoms with Crippen LogP contribution in [0.15, 0.2) is 83.3 Å². The minimum atomic E-state index is -0.980. The summed E-state index contributed by atoms with van der Waals surface area (Å²) in [4.78, 5) is 67.1. The number of fused-ring (bicyclic) bond motifs is 3. The van der Waals surface area contributed by atoms with Crippen molar-refractivity contribution >= 4 is 69.3 Å². The molecule has 0 radical (unpaired) electrons. The molecule has 21 heteroatoms. The van der Waals surface area contributed by atoms with Gasteiger partial charge in [0.15, 0.2) is 5.82 Å². The van der Waals surface area contributed by atoms with Gasteiger partial charge in [-0.25, -0.2) is 4.98 Å². The van der Waals surface area contributed by atoms with E-state index < -0.39 is 41.5 Å². The molecular formula is C55H64ClN9O9S2. The van der Waals surface area contributed by atoms with Gasteiger partial charge in [0, 0.05) is 46.2 Å². The molecule has 76 heavy (non-hydrogen) atoms. The van der Waals surface area contributed by atoms with Crippen LogP contribution in [0, 0.1) is 33.1 Å². The first-order chi connectivity index (χ1) is 36.4. The molecule has 1 saturated heterocycles. The highest BCUT2D eigenvalue weighted by molar-refractivity contribution is 7.15. The van der Waals surface area contributed by atoms with Crippen molar-refractivity contribution in [3.63, 3.8) is 0 Å². The minimum Gasteiger partial charge on any atom is -0.491 e. The van der Waals surface area contributed by atoms with Crippen LogP contribution in [0.5, 0.6) is 5.75 Å². The lowest BCUT2D eigenvalue weighted by Crippen LogP contribution is -2.58. The second-order valence-corrected chi connectivity index (χ2v) is 22.2. The monoisotopic (exact) mass is 1090 g/mol. The van der Waals surface area contributed by atoms with Gasteiger partial charge in [-0.3, -0.25) is 28.7 Å². The fraction of sp³-hybridized carbons (Fsp3) is 0.418. The van der Waals surface area contributed by atoms with Crippen LogP contribution in [0.1, 0.15) is 84.1 Å². The van der Waals surface area contributed by atoms with Crippen molar-refractivity contribution in [3.05, 3.63) is 128 Å². The molecule has 5 heterocycles. The van der Waals surface area contributed by atoms with Crippen LogP contribution >= 0.6 is 34.3 Å². The number of carbonyl (C=O) groups excluding carboxylic acids is 4. The number of nitrogens with zero attached hydrogens (tertiary/aromatic N) is 6. The Labute approximate surface area is 455 Å². The molecule has 18 nitrogen and oxygen atoms in total. The average Bonchev–Trinajstić information content (AvgIpc) is 4.19. The van der Waals surface area contributed by atoms with Crippen molar-refractivity contribution in [1.82, 2.24) is 35.3 Å². The molecule has 0 aliphatic carbocycles. The summed E-state index contributed by atoms with van der Waals surface area (Å²) in [5.41, 5.74) is 8.37. The van der Waals surface area contributed by atoms with Gasteiger partial charge in [-0.2, -0.15) is 0 Å². The van der Waals surface area contributed by atoms with Gasteiger partial charge in [0.05, 0.1) is 67.4 Å². The van der Waals surface area contributed by atoms with Crippen LogP contribution in [0.2, 0.25) is 5.02 Å². The first-order valence-corrected chi connectivity index (χ1v) is 27.2. The number of aliphatic hydroxyl groups is 1. The molecule has 4 amide bonds. The zero-order valence-corrected chi connectivity index (χ0v) is 46.1. The van der Waals surface area contributed by atoms with E-state index in [0.717, 1.165) is 54.0 Å². The molecule has 402 valence electrons. The summed E-state index contributed by atoms with van der Waals surface area (Å²) in [5, 5.41) is 29.8. The fourth-order valence-corrected chi connectivity index (χ4v) is 11.1. The number of aromatic nitrogens is 4. The quantitative estimate of drug-likeness (QED) is 0.0486. The molecular weight excluding hydrogens is 1030 g/mol. The van der Waals surface area contributed by atoms with Crippen LogP contribution in [-0.4, -0.2) is 130 Å². The van der Waals surface area contributed by atoms with Crippen molar-refractivity contribution in [2.24, 2.45) is 10.4 Å². The van der Waals surface area contributed by atoms with Gasteiger partial charge in [-0.05, 0) is 86.2 Å². The Kier molecular flexibility index (Phi) is 18.5. The Morgan fingerprint density at radius 2 is 1.51 bits per heavy atom. The maximum atomic E-state index is 14.0. The average molecular weight is 1090 g/mol. The lowest BCUT2D eigenvalue weighted by atomic mass is 9.85. The Balaban J connectivity index is 0.709. The van der Waals surface area contributed by atoms with Gasteiger partial charge in [0.25, 0.3) is 0 Å². The second-order valence-electron chi connectivity index (χ2n) is 19.8. The van der Waals surface area contributed by atoms with E-state index >= 15 is 0 Å². The third-order valence-corrected chi connectivity index (χ3v) is 15.5. The first kappa shape index (κ1) is 55.8. The largest absolute Gasteiger partial charge is 0.491 e. The van der Waals surface area contributed by atoms with Gasteiger partial charge in [-0.1, -0.05) is 68.8 Å². The summed E-state index contributed by atoms with van der Waals surface area (Å²) in [7, 11) is 0. The van der Waals surface area contributed by atoms with E-state index in [1.807, 2.05) is 93.2 Å². The number of benzene rings is 3. The van der Waals surface area contributed by atoms with Crippen LogP contribution in [-0.2, 0) is 39.9 Å². The molecule has 6 aromatic rings. The maximum Gasteiger partial charge on any atom is 0.246 e. The van der Waals surface area contributed by atoms with Gasteiger partial charge in [0.1, 0.15) is 47.9 Å². The van der Waals surface area contributed by atoms with Crippen molar-refractivity contribution in [3.8, 4) is 21.2 Å². The molecule has 0 spiro atoms. The number of rotatable bonds is 22. The standard InChI is InChI=1S/C55H64ClN9O9S2/c1-32-34(3)76-54-47(32)48(37-12-14-39(56)15-13-37)60-43(51-63-62-35(4)65(51)54)27-45(67)59-40-16-18-42(19-17-40)74-25-24-72-21-20-71-22-23-73-30-46(68)61-50(55(5,6)7)53(70)64-29-41(66)26-44(64)52(69)57-28-36-8-10-38(11-9-36)49-33(2)58-31-75-49/h8-19,31,41,43-44,50,66H,20-30H2,1-7H3,(H,57,69)(H,59,67)(H,61,68)/t41-,43+,44+,50-/m1/s1. The van der Waals surface area contributed by atoms with E-state index in [2.05, 4.69) is 45.0 Å². The van der Waals surface area contributed by atoms with Crippen LogP contribution in [0.4, 0.5) is 5.69 Å². The van der Waals surface area contributed by atoms with Gasteiger partial charge >= 0.3 is 0 Å². The van der Waals surface area contributed by atoms with Crippen LogP contribution in [0.25, 0.3) is 15.4 Å². The topological polar surface area (TPSA) is 221 Å². The van der Waals surface area contributed by atoms with E-state index in [1.54, 1.807) is 46.9 Å². The van der Waals surface area contributed by atoms with Crippen molar-refractivity contribution in [2.45, 2.75) is 92.1 Å². The number of likely N-dealkylation sites (tertiary alicyclic amines) is 1. The molecule has 2 aliphatic rings. The summed E-state index contributed by atoms with van der Waals surface area (Å²) in [6.45, 7) is 15.0. The predicted molar refractivity (Wildman–Crippen MR) is 293 cm³/mol. The third-order valence-electron chi connectivity index (χ3n) is 13.1. The van der Waals surface area contributed by atoms with Crippen molar-refractivity contribution in [2.75, 3.05) is 58.1 Å². The molecule has 4 N–H and O–H groups in total. The number of thiophene rings is 1. The SMILES string of the molecule is Cc1ncsc1-c1ccc(CNC(=O)[C@@H]2C[C@@H](O)CN2C(=O)[C@@H](NC(=O)COCCOCCOCCOc2ccc(NC(=O)C[C@@H]3N=C(c4ccc(Cl)cc4)c4c(sc(C)c4C)-n4c(C)nnc43)cc2)C(C)(C)C)cc1. The molecule has 8 rings (SSSR count). The molecule has 0 unspecified atom stereocenters. The first-order valence-electron chi connectivity index (χ1n) is 25.1. The number of β-amino-alcohol motifs (C(OH)–C–C–N with tert-alkyl or cyclic N) is 1. The smallest absolute Gasteiger partial charge is 0.246 e. The summed E-state index contributed by atoms with van der Waals surface area (Å²) in [6, 6.07) is 20.0. The van der Waals surface area contributed by atoms with E-state index in [-0.39, 0.29) is 57.6 Å². The number of halogens is 1. The number of anilines is 1. The normalized spacial score (nSPS) is 16.6. The number of carbonyl (C=O) groups is 4. The molecule has 3 aromatic heterocycles. The number of aliphatic hydroxyl groups excluding tert-OH is 1. The zero-order valence-electron chi connectivity index (χ0n) is 43.7. The lowest BCUT2D eigenvalue weighted by molar-refractivity contribution is -0.144. The van der Waals surface area contributed by atoms with Gasteiger partial charge < -0.3 is 44.9 Å². The summed E-state index contributed by atoms with van der Waals surface area (Å²) < 4.78 is 24.7. The Morgan fingerprint density at radius 1 is 0.842 bits per heavy atom. The summed E-state index contributed by atoms with van der Waals surface area (Å²) >= 11 is 9.47. The van der Waals surface area contributed by atoms with Gasteiger partial charge in [0.2, 0.25) is 23.6 Å². The number of nitrogens with one attached hydrogen (secondary N) is 3. The second kappa shape index (κ2) is 25.2. The fourth-order valence-electron chi connectivity index (χ4n) is 8.96. The number of thiazole rings is 1. The van der Waals surface area contributed by atoms with Crippen molar-refractivity contribution in [1.29, 1.82) is 0 Å². The van der Waals surface area contributed by atoms with Gasteiger partial charge in [-0.15, -0.1) is 32.9 Å².